The van der Waals surface area contributed by atoms with Crippen LogP contribution in [-0.2, 0) is 4.74 Å². The van der Waals surface area contributed by atoms with Crippen LogP contribution < -0.4 is 10.2 Å². The highest BCUT2D eigenvalue weighted by atomic mass is 16.6. The number of ether oxygens (including phenoxy) is 1. The predicted molar refractivity (Wildman–Crippen MR) is 68.0 cm³/mol. The summed E-state index contributed by atoms with van der Waals surface area (Å²) >= 11 is 0. The van der Waals surface area contributed by atoms with Crippen LogP contribution in [0.2, 0.25) is 0 Å². The summed E-state index contributed by atoms with van der Waals surface area (Å²) in [5, 5.41) is 13.8. The van der Waals surface area contributed by atoms with Crippen LogP contribution in [0.3, 0.4) is 0 Å². The van der Waals surface area contributed by atoms with Crippen LogP contribution in [0.1, 0.15) is 6.42 Å². The third-order valence-corrected chi connectivity index (χ3v) is 2.43. The average Bonchev–Trinajstić information content (AvgIpc) is 2.37. The lowest BCUT2D eigenvalue weighted by Gasteiger charge is -2.18. The molecular formula is C10H17N5O3. The van der Waals surface area contributed by atoms with Gasteiger partial charge >= 0.3 is 5.69 Å². The quantitative estimate of drug-likeness (QED) is 0.439. The van der Waals surface area contributed by atoms with E-state index in [0.717, 1.165) is 6.42 Å². The molecule has 0 aliphatic carbocycles. The topological polar surface area (TPSA) is 93.4 Å². The Kier molecular flexibility index (Phi) is 5.25. The van der Waals surface area contributed by atoms with Gasteiger partial charge in [0.2, 0.25) is 11.6 Å². The summed E-state index contributed by atoms with van der Waals surface area (Å²) < 4.78 is 4.95. The summed E-state index contributed by atoms with van der Waals surface area (Å²) in [4.78, 5) is 20.1. The molecule has 0 saturated heterocycles. The van der Waals surface area contributed by atoms with Crippen LogP contribution in [0.15, 0.2) is 6.33 Å². The van der Waals surface area contributed by atoms with Gasteiger partial charge in [-0.3, -0.25) is 10.1 Å². The van der Waals surface area contributed by atoms with Crippen molar-refractivity contribution in [3.63, 3.8) is 0 Å². The smallest absolute Gasteiger partial charge is 0.353 e. The van der Waals surface area contributed by atoms with E-state index in [0.29, 0.717) is 19.0 Å². The van der Waals surface area contributed by atoms with Crippen LogP contribution in [0.25, 0.3) is 0 Å². The van der Waals surface area contributed by atoms with E-state index < -0.39 is 4.92 Å². The monoisotopic (exact) mass is 255 g/mol. The standard InChI is InChI=1S/C10H17N5O3/c1-11-9-8(15(16)17)10(13-7-12-9)14(2)5-4-6-18-3/h7H,4-6H2,1-3H3,(H,11,12,13). The first-order chi connectivity index (χ1) is 8.61. The summed E-state index contributed by atoms with van der Waals surface area (Å²) in [6.07, 6.45) is 2.07. The molecule has 1 rings (SSSR count). The van der Waals surface area contributed by atoms with E-state index in [2.05, 4.69) is 15.3 Å². The van der Waals surface area contributed by atoms with E-state index in [1.807, 2.05) is 0 Å². The Hall–Kier alpha value is -1.96. The SMILES string of the molecule is CNc1ncnc(N(C)CCCOC)c1[N+](=O)[O-]. The van der Waals surface area contributed by atoms with E-state index >= 15 is 0 Å². The Balaban J connectivity index is 2.96. The summed E-state index contributed by atoms with van der Waals surface area (Å²) in [6.45, 7) is 1.22. The Labute approximate surface area is 105 Å². The minimum atomic E-state index is -0.478. The van der Waals surface area contributed by atoms with Crippen LogP contribution in [0, 0.1) is 10.1 Å². The largest absolute Gasteiger partial charge is 0.385 e. The molecule has 0 amide bonds. The van der Waals surface area contributed by atoms with Crippen molar-refractivity contribution < 1.29 is 9.66 Å². The number of aromatic nitrogens is 2. The van der Waals surface area contributed by atoms with Gasteiger partial charge in [0.05, 0.1) is 4.92 Å². The molecule has 1 aromatic rings. The van der Waals surface area contributed by atoms with Crippen LogP contribution in [0.5, 0.6) is 0 Å². The Morgan fingerprint density at radius 1 is 1.56 bits per heavy atom. The zero-order valence-electron chi connectivity index (χ0n) is 10.7. The third-order valence-electron chi connectivity index (χ3n) is 2.43. The zero-order chi connectivity index (χ0) is 13.5. The average molecular weight is 255 g/mol. The second-order valence-corrected chi connectivity index (χ2v) is 3.67. The molecule has 0 atom stereocenters. The minimum absolute atomic E-state index is 0.111. The van der Waals surface area contributed by atoms with Crippen molar-refractivity contribution in [1.29, 1.82) is 0 Å². The first kappa shape index (κ1) is 14.1. The molecule has 1 N–H and O–H groups in total. The van der Waals surface area contributed by atoms with Crippen molar-refractivity contribution in [2.75, 3.05) is 44.6 Å². The lowest BCUT2D eigenvalue weighted by molar-refractivity contribution is -0.383. The van der Waals surface area contributed by atoms with Crippen LogP contribution in [-0.4, -0.2) is 49.2 Å². The fourth-order valence-corrected chi connectivity index (χ4v) is 1.55. The molecule has 1 aromatic heterocycles. The number of hydrogen-bond acceptors (Lipinski definition) is 7. The summed E-state index contributed by atoms with van der Waals surface area (Å²) in [7, 11) is 4.96. The maximum Gasteiger partial charge on any atom is 0.353 e. The molecule has 0 saturated carbocycles. The van der Waals surface area contributed by atoms with Gasteiger partial charge < -0.3 is 15.0 Å². The number of methoxy groups -OCH3 is 1. The van der Waals surface area contributed by atoms with E-state index in [1.54, 1.807) is 26.1 Å². The fraction of sp³-hybridized carbons (Fsp3) is 0.600. The van der Waals surface area contributed by atoms with Crippen LogP contribution >= 0.6 is 0 Å². The molecule has 18 heavy (non-hydrogen) atoms. The molecule has 0 fully saturated rings. The Bertz CT molecular complexity index is 412. The molecule has 0 aliphatic rings. The van der Waals surface area contributed by atoms with Gasteiger partial charge in [-0.2, -0.15) is 0 Å². The van der Waals surface area contributed by atoms with Gasteiger partial charge in [0.25, 0.3) is 0 Å². The highest BCUT2D eigenvalue weighted by molar-refractivity contribution is 5.69. The molecule has 8 nitrogen and oxygen atoms in total. The molecule has 1 heterocycles. The molecular weight excluding hydrogens is 238 g/mol. The third kappa shape index (κ3) is 3.27. The van der Waals surface area contributed by atoms with E-state index in [9.17, 15) is 10.1 Å². The van der Waals surface area contributed by atoms with E-state index in [-0.39, 0.29) is 11.5 Å². The molecule has 0 bridgehead atoms. The minimum Gasteiger partial charge on any atom is -0.385 e. The van der Waals surface area contributed by atoms with Crippen molar-refractivity contribution in [3.05, 3.63) is 16.4 Å². The van der Waals surface area contributed by atoms with E-state index in [1.165, 1.54) is 6.33 Å². The van der Waals surface area contributed by atoms with Gasteiger partial charge in [-0.1, -0.05) is 0 Å². The summed E-state index contributed by atoms with van der Waals surface area (Å²) in [5.74, 6) is 0.513. The van der Waals surface area contributed by atoms with Gasteiger partial charge in [-0.15, -0.1) is 0 Å². The highest BCUT2D eigenvalue weighted by Gasteiger charge is 2.24. The highest BCUT2D eigenvalue weighted by Crippen LogP contribution is 2.30. The van der Waals surface area contributed by atoms with Gasteiger partial charge in [0.1, 0.15) is 6.33 Å². The number of nitrogens with one attached hydrogen (secondary N) is 1. The Morgan fingerprint density at radius 2 is 2.28 bits per heavy atom. The second kappa shape index (κ2) is 6.70. The van der Waals surface area contributed by atoms with Gasteiger partial charge in [0, 0.05) is 34.4 Å². The number of rotatable bonds is 7. The first-order valence-electron chi connectivity index (χ1n) is 5.49. The first-order valence-corrected chi connectivity index (χ1v) is 5.49. The van der Waals surface area contributed by atoms with E-state index in [4.69, 9.17) is 4.74 Å². The predicted octanol–water partition coefficient (Wildman–Crippen LogP) is 0.899. The molecule has 0 aromatic carbocycles. The molecule has 8 heteroatoms. The van der Waals surface area contributed by atoms with Crippen molar-refractivity contribution in [2.24, 2.45) is 0 Å². The summed E-state index contributed by atoms with van der Waals surface area (Å²) in [6, 6.07) is 0. The zero-order valence-corrected chi connectivity index (χ0v) is 10.7. The number of hydrogen-bond donors (Lipinski definition) is 1. The van der Waals surface area contributed by atoms with Crippen molar-refractivity contribution >= 4 is 17.3 Å². The van der Waals surface area contributed by atoms with Gasteiger partial charge in [-0.05, 0) is 6.42 Å². The van der Waals surface area contributed by atoms with Crippen LogP contribution in [0.4, 0.5) is 17.3 Å². The lowest BCUT2D eigenvalue weighted by atomic mass is 10.3. The molecule has 0 radical (unpaired) electrons. The summed E-state index contributed by atoms with van der Waals surface area (Å²) in [5.41, 5.74) is -0.111. The Morgan fingerprint density at radius 3 is 2.83 bits per heavy atom. The van der Waals surface area contributed by atoms with Gasteiger partial charge in [-0.25, -0.2) is 9.97 Å². The second-order valence-electron chi connectivity index (χ2n) is 3.67. The van der Waals surface area contributed by atoms with Crippen molar-refractivity contribution in [3.8, 4) is 0 Å². The number of nitrogens with zero attached hydrogens (tertiary/aromatic N) is 4. The molecule has 0 aliphatic heterocycles. The van der Waals surface area contributed by atoms with Crippen molar-refractivity contribution in [1.82, 2.24) is 9.97 Å². The fourth-order valence-electron chi connectivity index (χ4n) is 1.55. The molecule has 100 valence electrons. The van der Waals surface area contributed by atoms with Gasteiger partial charge in [0.15, 0.2) is 0 Å². The molecule has 0 unspecified atom stereocenters. The number of nitro groups is 1. The molecule has 0 spiro atoms. The normalized spacial score (nSPS) is 10.2. The lowest BCUT2D eigenvalue weighted by Crippen LogP contribution is -2.22. The number of anilines is 2. The maximum atomic E-state index is 11.1. The maximum absolute atomic E-state index is 11.1. The van der Waals surface area contributed by atoms with Crippen molar-refractivity contribution in [2.45, 2.75) is 6.42 Å².